The average Bonchev–Trinajstić information content (AvgIpc) is 2.81. The first kappa shape index (κ1) is 22.8. The highest BCUT2D eigenvalue weighted by molar-refractivity contribution is 5.92. The van der Waals surface area contributed by atoms with Crippen LogP contribution in [0.5, 0.6) is 5.75 Å². The zero-order valence-corrected chi connectivity index (χ0v) is 19.5. The van der Waals surface area contributed by atoms with Gasteiger partial charge >= 0.3 is 6.09 Å². The third-order valence-electron chi connectivity index (χ3n) is 5.97. The van der Waals surface area contributed by atoms with Crippen LogP contribution in [0.4, 0.5) is 10.6 Å². The van der Waals surface area contributed by atoms with Crippen LogP contribution < -0.4 is 10.2 Å². The summed E-state index contributed by atoms with van der Waals surface area (Å²) in [6, 6.07) is 13.4. The number of para-hydroxylation sites is 1. The minimum absolute atomic E-state index is 0.171. The maximum Gasteiger partial charge on any atom is 0.407 e. The summed E-state index contributed by atoms with van der Waals surface area (Å²) in [6.45, 7) is 8.83. The number of piperidine rings is 1. The van der Waals surface area contributed by atoms with Gasteiger partial charge in [0.1, 0.15) is 11.6 Å². The highest BCUT2D eigenvalue weighted by atomic mass is 16.5. The quantitative estimate of drug-likeness (QED) is 0.557. The lowest BCUT2D eigenvalue weighted by Crippen LogP contribution is -2.39. The fourth-order valence-electron chi connectivity index (χ4n) is 4.12. The molecule has 0 saturated carbocycles. The summed E-state index contributed by atoms with van der Waals surface area (Å²) in [6.07, 6.45) is 1.57. The van der Waals surface area contributed by atoms with Crippen molar-refractivity contribution >= 4 is 22.8 Å². The summed E-state index contributed by atoms with van der Waals surface area (Å²) in [7, 11) is 0. The lowest BCUT2D eigenvalue weighted by atomic mass is 9.96. The highest BCUT2D eigenvalue weighted by Gasteiger charge is 2.23. The second-order valence-electron chi connectivity index (χ2n) is 9.21. The number of phenols is 1. The number of hydrogen-bond donors (Lipinski definition) is 2. The highest BCUT2D eigenvalue weighted by Crippen LogP contribution is 2.33. The van der Waals surface area contributed by atoms with Crippen molar-refractivity contribution in [3.05, 3.63) is 48.0 Å². The number of hydrogen-bond acceptors (Lipinski definition) is 6. The van der Waals surface area contributed by atoms with Crippen LogP contribution in [0.15, 0.2) is 42.5 Å². The molecule has 0 atom stereocenters. The number of alkyl carbamates (subject to hydrolysis) is 1. The molecule has 1 saturated heterocycles. The number of aromatic hydroxyl groups is 1. The molecular formula is C26H32N4O3. The molecule has 1 aliphatic heterocycles. The second-order valence-corrected chi connectivity index (χ2v) is 9.21. The molecule has 7 heteroatoms. The van der Waals surface area contributed by atoms with Gasteiger partial charge in [-0.2, -0.15) is 0 Å². The van der Waals surface area contributed by atoms with Gasteiger partial charge in [0.15, 0.2) is 5.82 Å². The number of amides is 1. The van der Waals surface area contributed by atoms with Crippen molar-refractivity contribution in [1.82, 2.24) is 15.3 Å². The average molecular weight is 449 g/mol. The standard InChI is InChI=1S/C26H32N4O3/c1-17(2)16-33-26(32)27-15-19-10-12-30(13-11-19)25-20-9-8-18(3)14-22(20)28-24(29-25)21-6-4-5-7-23(21)31/h4-9,14,17,19,31H,10-13,15-16H2,1-3H3,(H,27,32). The molecule has 2 N–H and O–H groups in total. The van der Waals surface area contributed by atoms with Crippen LogP contribution in [-0.2, 0) is 4.74 Å². The third kappa shape index (κ3) is 5.53. The van der Waals surface area contributed by atoms with E-state index in [2.05, 4.69) is 28.4 Å². The Morgan fingerprint density at radius 2 is 1.94 bits per heavy atom. The second kappa shape index (κ2) is 10.1. The van der Waals surface area contributed by atoms with Gasteiger partial charge in [0, 0.05) is 25.0 Å². The van der Waals surface area contributed by atoms with Crippen LogP contribution in [0, 0.1) is 18.8 Å². The van der Waals surface area contributed by atoms with Crippen molar-refractivity contribution in [2.45, 2.75) is 33.6 Å². The molecular weight excluding hydrogens is 416 g/mol. The maximum absolute atomic E-state index is 11.9. The van der Waals surface area contributed by atoms with E-state index in [0.717, 1.165) is 48.2 Å². The van der Waals surface area contributed by atoms with Gasteiger partial charge in [-0.3, -0.25) is 0 Å². The molecule has 3 aromatic rings. The Balaban J connectivity index is 1.50. The first-order valence-corrected chi connectivity index (χ1v) is 11.6. The molecule has 0 spiro atoms. The number of nitrogens with zero attached hydrogens (tertiary/aromatic N) is 3. The zero-order chi connectivity index (χ0) is 23.4. The van der Waals surface area contributed by atoms with Gasteiger partial charge in [-0.25, -0.2) is 14.8 Å². The molecule has 0 aliphatic carbocycles. The number of carbonyl (C=O) groups is 1. The van der Waals surface area contributed by atoms with E-state index >= 15 is 0 Å². The smallest absolute Gasteiger partial charge is 0.407 e. The predicted octanol–water partition coefficient (Wildman–Crippen LogP) is 4.91. The number of fused-ring (bicyclic) bond motifs is 1. The number of aromatic nitrogens is 2. The van der Waals surface area contributed by atoms with Gasteiger partial charge in [0.25, 0.3) is 0 Å². The molecule has 174 valence electrons. The normalized spacial score (nSPS) is 14.6. The maximum atomic E-state index is 11.9. The molecule has 2 heterocycles. The zero-order valence-electron chi connectivity index (χ0n) is 19.5. The minimum atomic E-state index is -0.337. The Kier molecular flexibility index (Phi) is 6.96. The minimum Gasteiger partial charge on any atom is -0.507 e. The van der Waals surface area contributed by atoms with Crippen molar-refractivity contribution in [2.75, 3.05) is 31.1 Å². The molecule has 0 unspecified atom stereocenters. The third-order valence-corrected chi connectivity index (χ3v) is 5.97. The van der Waals surface area contributed by atoms with Crippen LogP contribution in [0.3, 0.4) is 0 Å². The number of aryl methyl sites for hydroxylation is 1. The van der Waals surface area contributed by atoms with E-state index in [-0.39, 0.29) is 11.8 Å². The number of phenolic OH excluding ortho intramolecular Hbond substituents is 1. The van der Waals surface area contributed by atoms with Crippen LogP contribution in [0.1, 0.15) is 32.3 Å². The summed E-state index contributed by atoms with van der Waals surface area (Å²) < 4.78 is 5.21. The summed E-state index contributed by atoms with van der Waals surface area (Å²) in [5.41, 5.74) is 2.63. The Bertz CT molecular complexity index is 1120. The topological polar surface area (TPSA) is 87.6 Å². The Hall–Kier alpha value is -3.35. The van der Waals surface area contributed by atoms with Crippen molar-refractivity contribution in [3.8, 4) is 17.1 Å². The van der Waals surface area contributed by atoms with E-state index in [1.807, 2.05) is 32.9 Å². The van der Waals surface area contributed by atoms with Crippen LogP contribution in [0.2, 0.25) is 0 Å². The van der Waals surface area contributed by atoms with Crippen molar-refractivity contribution in [1.29, 1.82) is 0 Å². The number of carbonyl (C=O) groups excluding carboxylic acids is 1. The van der Waals surface area contributed by atoms with Crippen LogP contribution in [0.25, 0.3) is 22.3 Å². The van der Waals surface area contributed by atoms with Gasteiger partial charge in [0.2, 0.25) is 0 Å². The lowest BCUT2D eigenvalue weighted by molar-refractivity contribution is 0.131. The van der Waals surface area contributed by atoms with Gasteiger partial charge in [-0.15, -0.1) is 0 Å². The predicted molar refractivity (Wildman–Crippen MR) is 131 cm³/mol. The molecule has 1 aromatic heterocycles. The van der Waals surface area contributed by atoms with Gasteiger partial charge in [-0.05, 0) is 61.4 Å². The number of anilines is 1. The molecule has 4 rings (SSSR count). The molecule has 1 aliphatic rings. The van der Waals surface area contributed by atoms with E-state index < -0.39 is 0 Å². The van der Waals surface area contributed by atoms with Crippen LogP contribution >= 0.6 is 0 Å². The van der Waals surface area contributed by atoms with Crippen molar-refractivity contribution in [2.24, 2.45) is 11.8 Å². The Morgan fingerprint density at radius 1 is 1.18 bits per heavy atom. The number of ether oxygens (including phenoxy) is 1. The number of nitrogens with one attached hydrogen (secondary N) is 1. The van der Waals surface area contributed by atoms with E-state index in [0.29, 0.717) is 36.4 Å². The molecule has 7 nitrogen and oxygen atoms in total. The molecule has 2 aromatic carbocycles. The largest absolute Gasteiger partial charge is 0.507 e. The summed E-state index contributed by atoms with van der Waals surface area (Å²) in [5.74, 6) is 2.32. The summed E-state index contributed by atoms with van der Waals surface area (Å²) >= 11 is 0. The van der Waals surface area contributed by atoms with E-state index in [4.69, 9.17) is 14.7 Å². The molecule has 1 amide bonds. The van der Waals surface area contributed by atoms with Crippen molar-refractivity contribution in [3.63, 3.8) is 0 Å². The fourth-order valence-corrected chi connectivity index (χ4v) is 4.12. The van der Waals surface area contributed by atoms with Crippen LogP contribution in [-0.4, -0.2) is 47.4 Å². The molecule has 0 radical (unpaired) electrons. The Morgan fingerprint density at radius 3 is 2.67 bits per heavy atom. The van der Waals surface area contributed by atoms with Gasteiger partial charge < -0.3 is 20.1 Å². The van der Waals surface area contributed by atoms with Gasteiger partial charge in [-0.1, -0.05) is 32.0 Å². The summed E-state index contributed by atoms with van der Waals surface area (Å²) in [5, 5.41) is 14.3. The first-order valence-electron chi connectivity index (χ1n) is 11.6. The molecule has 1 fully saturated rings. The fraction of sp³-hybridized carbons (Fsp3) is 0.423. The van der Waals surface area contributed by atoms with Crippen molar-refractivity contribution < 1.29 is 14.6 Å². The first-order chi connectivity index (χ1) is 15.9. The summed E-state index contributed by atoms with van der Waals surface area (Å²) in [4.78, 5) is 23.8. The monoisotopic (exact) mass is 448 g/mol. The van der Waals surface area contributed by atoms with E-state index in [1.165, 1.54) is 0 Å². The van der Waals surface area contributed by atoms with E-state index in [1.54, 1.807) is 12.1 Å². The molecule has 33 heavy (non-hydrogen) atoms. The number of rotatable bonds is 6. The van der Waals surface area contributed by atoms with Gasteiger partial charge in [0.05, 0.1) is 17.7 Å². The lowest BCUT2D eigenvalue weighted by Gasteiger charge is -2.33. The number of benzene rings is 2. The molecule has 0 bridgehead atoms. The Labute approximate surface area is 194 Å². The SMILES string of the molecule is Cc1ccc2c(N3CCC(CNC(=O)OCC(C)C)CC3)nc(-c3ccccc3O)nc2c1. The van der Waals surface area contributed by atoms with E-state index in [9.17, 15) is 9.90 Å².